The van der Waals surface area contributed by atoms with Gasteiger partial charge in [-0.25, -0.2) is 4.79 Å². The lowest BCUT2D eigenvalue weighted by molar-refractivity contribution is -0.131. The third kappa shape index (κ3) is 5.54. The predicted octanol–water partition coefficient (Wildman–Crippen LogP) is 1.58. The van der Waals surface area contributed by atoms with E-state index in [0.29, 0.717) is 25.4 Å². The van der Waals surface area contributed by atoms with Crippen LogP contribution in [-0.2, 0) is 9.53 Å². The maximum Gasteiger partial charge on any atom is 0.410 e. The fourth-order valence-corrected chi connectivity index (χ4v) is 5.07. The highest BCUT2D eigenvalue weighted by Gasteiger charge is 2.47. The third-order valence-electron chi connectivity index (χ3n) is 6.24. The topological polar surface area (TPSA) is 56.3 Å². The average molecular weight is 413 g/mol. The Morgan fingerprint density at radius 2 is 1.71 bits per heavy atom. The Balaban J connectivity index is 1.40. The van der Waals surface area contributed by atoms with Crippen molar-refractivity contribution in [3.05, 3.63) is 0 Å². The van der Waals surface area contributed by atoms with E-state index in [1.165, 1.54) is 0 Å². The smallest absolute Gasteiger partial charge is 0.410 e. The van der Waals surface area contributed by atoms with Crippen LogP contribution in [0.2, 0.25) is 0 Å². The molecular weight excluding hydrogens is 376 g/mol. The van der Waals surface area contributed by atoms with Gasteiger partial charge in [-0.15, -0.1) is 0 Å². The summed E-state index contributed by atoms with van der Waals surface area (Å²) < 4.78 is 5.82. The first-order valence-corrected chi connectivity index (χ1v) is 12.0. The molecule has 3 heterocycles. The molecule has 3 aliphatic heterocycles. The molecule has 1 spiro atoms. The number of rotatable bonds is 8. The van der Waals surface area contributed by atoms with Crippen molar-refractivity contribution in [2.24, 2.45) is 0 Å². The quantitative estimate of drug-likeness (QED) is 0.564. The molecule has 2 amide bonds. The minimum absolute atomic E-state index is 0.175. The van der Waals surface area contributed by atoms with Gasteiger partial charge in [-0.05, 0) is 18.7 Å². The van der Waals surface area contributed by atoms with Crippen molar-refractivity contribution in [2.75, 3.05) is 77.0 Å². The molecular formula is C20H36N4O3S. The van der Waals surface area contributed by atoms with E-state index in [1.807, 2.05) is 9.80 Å². The van der Waals surface area contributed by atoms with E-state index in [4.69, 9.17) is 4.74 Å². The monoisotopic (exact) mass is 412 g/mol. The molecule has 0 bridgehead atoms. The summed E-state index contributed by atoms with van der Waals surface area (Å²) in [6, 6.07) is 0. The van der Waals surface area contributed by atoms with E-state index in [9.17, 15) is 9.59 Å². The summed E-state index contributed by atoms with van der Waals surface area (Å²) in [7, 11) is 0. The molecule has 3 saturated heterocycles. The van der Waals surface area contributed by atoms with Gasteiger partial charge >= 0.3 is 6.09 Å². The number of likely N-dealkylation sites (tertiary alicyclic amines) is 1. The van der Waals surface area contributed by atoms with Crippen LogP contribution >= 0.6 is 11.8 Å². The van der Waals surface area contributed by atoms with Crippen molar-refractivity contribution in [1.82, 2.24) is 19.6 Å². The Labute approximate surface area is 173 Å². The first-order valence-electron chi connectivity index (χ1n) is 10.8. The zero-order valence-corrected chi connectivity index (χ0v) is 18.3. The first-order chi connectivity index (χ1) is 13.5. The van der Waals surface area contributed by atoms with Crippen molar-refractivity contribution in [1.29, 1.82) is 0 Å². The lowest BCUT2D eigenvalue weighted by Crippen LogP contribution is -2.50. The van der Waals surface area contributed by atoms with E-state index in [-0.39, 0.29) is 17.6 Å². The summed E-state index contributed by atoms with van der Waals surface area (Å²) >= 11 is 1.71. The molecule has 7 nitrogen and oxygen atoms in total. The van der Waals surface area contributed by atoms with E-state index < -0.39 is 0 Å². The number of carbonyl (C=O) groups is 2. The van der Waals surface area contributed by atoms with Crippen molar-refractivity contribution < 1.29 is 14.3 Å². The second-order valence-corrected chi connectivity index (χ2v) is 9.29. The van der Waals surface area contributed by atoms with Crippen molar-refractivity contribution in [2.45, 2.75) is 38.7 Å². The lowest BCUT2D eigenvalue weighted by Gasteiger charge is -2.37. The summed E-state index contributed by atoms with van der Waals surface area (Å²) in [6.07, 6.45) is 2.44. The van der Waals surface area contributed by atoms with Crippen LogP contribution in [0.5, 0.6) is 0 Å². The SMILES string of the molecule is CCCSCC(=O)N1CCC2(CC1)CN(CCN1CCN(CC)CC1)C(=O)O2. The molecule has 160 valence electrons. The fourth-order valence-electron chi connectivity index (χ4n) is 4.27. The van der Waals surface area contributed by atoms with Crippen molar-refractivity contribution >= 4 is 23.8 Å². The fraction of sp³-hybridized carbons (Fsp3) is 0.900. The molecule has 0 aromatic heterocycles. The van der Waals surface area contributed by atoms with Crippen molar-refractivity contribution in [3.63, 3.8) is 0 Å². The Kier molecular flexibility index (Phi) is 7.88. The molecule has 0 aromatic carbocycles. The van der Waals surface area contributed by atoms with E-state index in [2.05, 4.69) is 23.6 Å². The third-order valence-corrected chi connectivity index (χ3v) is 7.39. The Morgan fingerprint density at radius 1 is 1.04 bits per heavy atom. The van der Waals surface area contributed by atoms with Gasteiger partial charge in [0, 0.05) is 65.2 Å². The van der Waals surface area contributed by atoms with Crippen LogP contribution in [0.15, 0.2) is 0 Å². The standard InChI is InChI=1S/C20H36N4O3S/c1-3-15-28-16-18(25)23-7-5-20(6-8-23)17-24(19(26)27-20)14-13-22-11-9-21(4-2)10-12-22/h3-17H2,1-2H3. The van der Waals surface area contributed by atoms with E-state index in [1.54, 1.807) is 11.8 Å². The highest BCUT2D eigenvalue weighted by molar-refractivity contribution is 7.99. The second kappa shape index (κ2) is 10.2. The van der Waals surface area contributed by atoms with Crippen molar-refractivity contribution in [3.8, 4) is 0 Å². The second-order valence-electron chi connectivity index (χ2n) is 8.18. The molecule has 3 rings (SSSR count). The molecule has 0 atom stereocenters. The maximum absolute atomic E-state index is 12.4. The highest BCUT2D eigenvalue weighted by atomic mass is 32.2. The van der Waals surface area contributed by atoms with Gasteiger partial charge in [0.25, 0.3) is 0 Å². The summed E-state index contributed by atoms with van der Waals surface area (Å²) in [5.41, 5.74) is -0.384. The minimum Gasteiger partial charge on any atom is -0.441 e. The van der Waals surface area contributed by atoms with Gasteiger partial charge in [0.15, 0.2) is 0 Å². The van der Waals surface area contributed by atoms with Gasteiger partial charge in [-0.2, -0.15) is 11.8 Å². The zero-order valence-electron chi connectivity index (χ0n) is 17.5. The highest BCUT2D eigenvalue weighted by Crippen LogP contribution is 2.33. The summed E-state index contributed by atoms with van der Waals surface area (Å²) in [4.78, 5) is 33.4. The number of piperidine rings is 1. The lowest BCUT2D eigenvalue weighted by atomic mass is 9.91. The summed E-state index contributed by atoms with van der Waals surface area (Å²) in [5, 5.41) is 0. The number of carbonyl (C=O) groups excluding carboxylic acids is 2. The molecule has 28 heavy (non-hydrogen) atoms. The van der Waals surface area contributed by atoms with Gasteiger partial charge in [0.1, 0.15) is 5.60 Å². The largest absolute Gasteiger partial charge is 0.441 e. The Morgan fingerprint density at radius 3 is 2.36 bits per heavy atom. The van der Waals surface area contributed by atoms with Crippen LogP contribution in [0, 0.1) is 0 Å². The molecule has 8 heteroatoms. The Hall–Kier alpha value is -0.990. The van der Waals surface area contributed by atoms with E-state index in [0.717, 1.165) is 70.8 Å². The number of hydrogen-bond donors (Lipinski definition) is 0. The predicted molar refractivity (Wildman–Crippen MR) is 113 cm³/mol. The van der Waals surface area contributed by atoms with E-state index >= 15 is 0 Å². The number of piperazine rings is 1. The van der Waals surface area contributed by atoms with Crippen LogP contribution in [-0.4, -0.2) is 114 Å². The summed E-state index contributed by atoms with van der Waals surface area (Å²) in [5.74, 6) is 1.82. The minimum atomic E-state index is -0.384. The average Bonchev–Trinajstić information content (AvgIpc) is 3.02. The zero-order chi connectivity index (χ0) is 20.0. The molecule has 0 unspecified atom stereocenters. The van der Waals surface area contributed by atoms with Crippen LogP contribution < -0.4 is 0 Å². The van der Waals surface area contributed by atoms with Gasteiger partial charge in [0.2, 0.25) is 5.91 Å². The maximum atomic E-state index is 12.4. The Bertz CT molecular complexity index is 532. The number of amides is 2. The van der Waals surface area contributed by atoms with Gasteiger partial charge in [0.05, 0.1) is 12.3 Å². The number of thioether (sulfide) groups is 1. The van der Waals surface area contributed by atoms with Gasteiger partial charge in [-0.1, -0.05) is 13.8 Å². The van der Waals surface area contributed by atoms with Gasteiger partial charge in [-0.3, -0.25) is 9.69 Å². The first kappa shape index (κ1) is 21.7. The number of likely N-dealkylation sites (N-methyl/N-ethyl adjacent to an activating group) is 1. The molecule has 3 aliphatic rings. The molecule has 0 radical (unpaired) electrons. The molecule has 0 aromatic rings. The molecule has 0 aliphatic carbocycles. The summed E-state index contributed by atoms with van der Waals surface area (Å²) in [6.45, 7) is 13.6. The van der Waals surface area contributed by atoms with Gasteiger partial charge < -0.3 is 19.4 Å². The number of ether oxygens (including phenoxy) is 1. The van der Waals surface area contributed by atoms with Crippen LogP contribution in [0.3, 0.4) is 0 Å². The molecule has 0 N–H and O–H groups in total. The number of hydrogen-bond acceptors (Lipinski definition) is 6. The molecule has 0 saturated carbocycles. The molecule has 3 fully saturated rings. The van der Waals surface area contributed by atoms with Crippen LogP contribution in [0.1, 0.15) is 33.1 Å². The normalized spacial score (nSPS) is 23.4. The number of nitrogens with zero attached hydrogens (tertiary/aromatic N) is 4. The van der Waals surface area contributed by atoms with Crippen LogP contribution in [0.25, 0.3) is 0 Å². The van der Waals surface area contributed by atoms with Crippen LogP contribution in [0.4, 0.5) is 4.79 Å².